The summed E-state index contributed by atoms with van der Waals surface area (Å²) in [4.78, 5) is 16.2. The number of benzene rings is 2. The Labute approximate surface area is 175 Å². The zero-order valence-electron chi connectivity index (χ0n) is 15.6. The van der Waals surface area contributed by atoms with E-state index in [9.17, 15) is 23.2 Å². The lowest BCUT2D eigenvalue weighted by atomic mass is 10.1. The molecule has 0 saturated heterocycles. The molecule has 0 aromatic heterocycles. The molecule has 0 aliphatic rings. The third-order valence-electron chi connectivity index (χ3n) is 3.68. The minimum absolute atomic E-state index is 0.0241. The first kappa shape index (κ1) is 22.8. The summed E-state index contributed by atoms with van der Waals surface area (Å²) >= 11 is 5.85. The summed E-state index contributed by atoms with van der Waals surface area (Å²) in [5.74, 6) is -1.37. The van der Waals surface area contributed by atoms with Crippen LogP contribution in [0, 0.1) is 11.3 Å². The molecule has 0 spiro atoms. The molecule has 2 aromatic carbocycles. The van der Waals surface area contributed by atoms with Gasteiger partial charge in [0.15, 0.2) is 11.4 Å². The summed E-state index contributed by atoms with van der Waals surface area (Å²) < 4.78 is 43.1. The second-order valence-electron chi connectivity index (χ2n) is 5.76. The molecule has 10 heteroatoms. The number of nitrogens with two attached hydrogens (primary N) is 1. The summed E-state index contributed by atoms with van der Waals surface area (Å²) in [6, 6.07) is 12.0. The maximum Gasteiger partial charge on any atom is 0.416 e. The molecule has 0 amide bonds. The van der Waals surface area contributed by atoms with Crippen LogP contribution in [0.5, 0.6) is 0 Å². The van der Waals surface area contributed by atoms with E-state index in [4.69, 9.17) is 22.1 Å². The van der Waals surface area contributed by atoms with E-state index >= 15 is 0 Å². The Morgan fingerprint density at radius 2 is 1.80 bits per heavy atom. The van der Waals surface area contributed by atoms with Crippen LogP contribution in [-0.4, -0.2) is 18.4 Å². The average Bonchev–Trinajstić information content (AvgIpc) is 2.69. The number of halogens is 4. The number of esters is 1. The lowest BCUT2D eigenvalue weighted by Gasteiger charge is -2.11. The van der Waals surface area contributed by atoms with Crippen LogP contribution in [0.1, 0.15) is 18.1 Å². The lowest BCUT2D eigenvalue weighted by Crippen LogP contribution is -2.18. The van der Waals surface area contributed by atoms with Gasteiger partial charge >= 0.3 is 12.1 Å². The second-order valence-corrected chi connectivity index (χ2v) is 6.20. The predicted octanol–water partition coefficient (Wildman–Crippen LogP) is 4.47. The smallest absolute Gasteiger partial charge is 0.416 e. The van der Waals surface area contributed by atoms with Crippen molar-refractivity contribution in [2.75, 3.05) is 11.9 Å². The molecule has 0 saturated carbocycles. The van der Waals surface area contributed by atoms with Crippen molar-refractivity contribution in [1.29, 1.82) is 5.26 Å². The first-order valence-electron chi connectivity index (χ1n) is 8.51. The van der Waals surface area contributed by atoms with Crippen molar-refractivity contribution < 1.29 is 22.7 Å². The van der Waals surface area contributed by atoms with E-state index in [0.717, 1.165) is 24.3 Å². The standard InChI is InChI=1S/C20H16ClF3N4O2/c1-2-30-19(29)16(11-25)18(27-15-9-7-14(21)8-10-15)28-17(26)12-3-5-13(6-4-12)20(22,23)24/h3-10,27H,2H2,1H3,(H2,26,28)/b18-16-. The van der Waals surface area contributed by atoms with Crippen LogP contribution in [-0.2, 0) is 15.7 Å². The van der Waals surface area contributed by atoms with Gasteiger partial charge in [-0.25, -0.2) is 9.79 Å². The minimum atomic E-state index is -4.50. The Kier molecular flexibility index (Phi) is 7.44. The molecule has 156 valence electrons. The lowest BCUT2D eigenvalue weighted by molar-refractivity contribution is -0.138. The van der Waals surface area contributed by atoms with Gasteiger partial charge in [0.2, 0.25) is 0 Å². The van der Waals surface area contributed by atoms with E-state index in [-0.39, 0.29) is 23.8 Å². The number of amidine groups is 1. The molecular formula is C20H16ClF3N4O2. The molecule has 0 radical (unpaired) electrons. The topological polar surface area (TPSA) is 100 Å². The second kappa shape index (κ2) is 9.80. The number of ether oxygens (including phenoxy) is 1. The van der Waals surface area contributed by atoms with Crippen LogP contribution in [0.4, 0.5) is 18.9 Å². The fraction of sp³-hybridized carbons (Fsp3) is 0.150. The SMILES string of the molecule is CCOC(=O)/C(C#N)=C(\N=C(N)c1ccc(C(F)(F)F)cc1)Nc1ccc(Cl)cc1. The number of carbonyl (C=O) groups is 1. The normalized spacial score (nSPS) is 12.6. The first-order valence-corrected chi connectivity index (χ1v) is 8.89. The maximum atomic E-state index is 12.7. The average molecular weight is 437 g/mol. The highest BCUT2D eigenvalue weighted by molar-refractivity contribution is 6.30. The largest absolute Gasteiger partial charge is 0.462 e. The predicted molar refractivity (Wildman–Crippen MR) is 107 cm³/mol. The number of alkyl halides is 3. The number of nitriles is 1. The number of aliphatic imine (C=N–C) groups is 1. The summed E-state index contributed by atoms with van der Waals surface area (Å²) in [5.41, 5.74) is 5.21. The molecule has 0 unspecified atom stereocenters. The van der Waals surface area contributed by atoms with Crippen molar-refractivity contribution in [3.63, 3.8) is 0 Å². The minimum Gasteiger partial charge on any atom is -0.462 e. The van der Waals surface area contributed by atoms with Gasteiger partial charge in [-0.2, -0.15) is 18.4 Å². The number of hydrogen-bond acceptors (Lipinski definition) is 5. The molecular weight excluding hydrogens is 421 g/mol. The van der Waals surface area contributed by atoms with Crippen molar-refractivity contribution in [3.05, 3.63) is 76.1 Å². The number of hydrogen-bond donors (Lipinski definition) is 2. The van der Waals surface area contributed by atoms with Gasteiger partial charge in [0, 0.05) is 16.3 Å². The molecule has 0 atom stereocenters. The molecule has 0 heterocycles. The van der Waals surface area contributed by atoms with Gasteiger partial charge in [0.25, 0.3) is 0 Å². The van der Waals surface area contributed by atoms with Gasteiger partial charge in [-0.05, 0) is 43.3 Å². The monoisotopic (exact) mass is 436 g/mol. The van der Waals surface area contributed by atoms with Crippen LogP contribution < -0.4 is 11.1 Å². The van der Waals surface area contributed by atoms with E-state index in [0.29, 0.717) is 10.7 Å². The van der Waals surface area contributed by atoms with Crippen molar-refractivity contribution in [2.24, 2.45) is 10.7 Å². The van der Waals surface area contributed by atoms with Crippen LogP contribution in [0.15, 0.2) is 64.9 Å². The van der Waals surface area contributed by atoms with Gasteiger partial charge < -0.3 is 15.8 Å². The Balaban J connectivity index is 2.48. The van der Waals surface area contributed by atoms with E-state index < -0.39 is 23.3 Å². The summed E-state index contributed by atoms with van der Waals surface area (Å²) in [6.07, 6.45) is -4.50. The highest BCUT2D eigenvalue weighted by Crippen LogP contribution is 2.29. The van der Waals surface area contributed by atoms with Crippen LogP contribution >= 0.6 is 11.6 Å². The van der Waals surface area contributed by atoms with Crippen LogP contribution in [0.2, 0.25) is 5.02 Å². The molecule has 0 aliphatic carbocycles. The van der Waals surface area contributed by atoms with Gasteiger partial charge in [-0.15, -0.1) is 0 Å². The van der Waals surface area contributed by atoms with Gasteiger partial charge in [-0.1, -0.05) is 23.7 Å². The third kappa shape index (κ3) is 5.99. The van der Waals surface area contributed by atoms with E-state index in [2.05, 4.69) is 10.3 Å². The summed E-state index contributed by atoms with van der Waals surface area (Å²) in [7, 11) is 0. The highest BCUT2D eigenvalue weighted by atomic mass is 35.5. The van der Waals surface area contributed by atoms with E-state index in [1.54, 1.807) is 37.3 Å². The molecule has 3 N–H and O–H groups in total. The van der Waals surface area contributed by atoms with E-state index in [1.165, 1.54) is 0 Å². The molecule has 2 rings (SSSR count). The molecule has 0 aliphatic heterocycles. The van der Waals surface area contributed by atoms with Crippen LogP contribution in [0.3, 0.4) is 0 Å². The molecule has 6 nitrogen and oxygen atoms in total. The number of carbonyl (C=O) groups excluding carboxylic acids is 1. The molecule has 0 bridgehead atoms. The highest BCUT2D eigenvalue weighted by Gasteiger charge is 2.30. The molecule has 0 fully saturated rings. The number of rotatable bonds is 6. The zero-order chi connectivity index (χ0) is 22.3. The van der Waals surface area contributed by atoms with Crippen molar-refractivity contribution >= 4 is 29.1 Å². The Morgan fingerprint density at radius 3 is 2.30 bits per heavy atom. The fourth-order valence-corrected chi connectivity index (χ4v) is 2.36. The molecule has 2 aromatic rings. The van der Waals surface area contributed by atoms with Gasteiger partial charge in [0.1, 0.15) is 11.9 Å². The van der Waals surface area contributed by atoms with Crippen molar-refractivity contribution in [3.8, 4) is 6.07 Å². The number of nitrogens with one attached hydrogen (secondary N) is 1. The Morgan fingerprint density at radius 1 is 1.20 bits per heavy atom. The zero-order valence-corrected chi connectivity index (χ0v) is 16.4. The van der Waals surface area contributed by atoms with Crippen molar-refractivity contribution in [2.45, 2.75) is 13.1 Å². The number of nitrogens with zero attached hydrogens (tertiary/aromatic N) is 2. The molecule has 30 heavy (non-hydrogen) atoms. The fourth-order valence-electron chi connectivity index (χ4n) is 2.23. The Hall–Kier alpha value is -3.51. The summed E-state index contributed by atoms with van der Waals surface area (Å²) in [5, 5.41) is 12.7. The van der Waals surface area contributed by atoms with Gasteiger partial charge in [0.05, 0.1) is 12.2 Å². The third-order valence-corrected chi connectivity index (χ3v) is 3.93. The van der Waals surface area contributed by atoms with E-state index in [1.807, 2.05) is 0 Å². The summed E-state index contributed by atoms with van der Waals surface area (Å²) in [6.45, 7) is 1.59. The first-order chi connectivity index (χ1) is 14.2. The maximum absolute atomic E-state index is 12.7. The number of anilines is 1. The Bertz CT molecular complexity index is 1010. The van der Waals surface area contributed by atoms with Crippen LogP contribution in [0.25, 0.3) is 0 Å². The quantitative estimate of drug-likeness (QED) is 0.229. The van der Waals surface area contributed by atoms with Gasteiger partial charge in [-0.3, -0.25) is 0 Å². The van der Waals surface area contributed by atoms with Crippen molar-refractivity contribution in [1.82, 2.24) is 0 Å².